The molecule has 5 nitrogen and oxygen atoms in total. The van der Waals surface area contributed by atoms with E-state index >= 15 is 0 Å². The van der Waals surface area contributed by atoms with Crippen LogP contribution in [0.25, 0.3) is 0 Å². The zero-order valence-electron chi connectivity index (χ0n) is 11.4. The summed E-state index contributed by atoms with van der Waals surface area (Å²) in [5.74, 6) is 0. The van der Waals surface area contributed by atoms with Gasteiger partial charge in [-0.3, -0.25) is 4.68 Å². The Labute approximate surface area is 124 Å². The molecule has 0 unspecified atom stereocenters. The van der Waals surface area contributed by atoms with Crippen LogP contribution in [-0.4, -0.2) is 34.7 Å². The lowest BCUT2D eigenvalue weighted by molar-refractivity contribution is 0.145. The average molecular weight is 305 g/mol. The van der Waals surface area contributed by atoms with Crippen LogP contribution in [0.15, 0.2) is 6.20 Å². The summed E-state index contributed by atoms with van der Waals surface area (Å²) in [6.45, 7) is 7.63. The summed E-state index contributed by atoms with van der Waals surface area (Å²) < 4.78 is 7.05. The molecule has 0 aliphatic heterocycles. The maximum absolute atomic E-state index is 6.07. The van der Waals surface area contributed by atoms with Crippen molar-refractivity contribution >= 4 is 28.9 Å². The van der Waals surface area contributed by atoms with Crippen LogP contribution in [0, 0.1) is 0 Å². The van der Waals surface area contributed by atoms with Crippen LogP contribution >= 0.6 is 23.8 Å². The molecule has 1 aromatic rings. The lowest BCUT2D eigenvalue weighted by Gasteiger charge is -2.09. The molecule has 7 heteroatoms. The number of hydrogen-bond donors (Lipinski definition) is 2. The minimum Gasteiger partial charge on any atom is -0.382 e. The predicted octanol–water partition coefficient (Wildman–Crippen LogP) is 1.95. The number of ether oxygens (including phenoxy) is 1. The fourth-order valence-electron chi connectivity index (χ4n) is 1.47. The summed E-state index contributed by atoms with van der Waals surface area (Å²) in [6, 6.07) is 0. The smallest absolute Gasteiger partial charge is 0.166 e. The number of thiocarbonyl (C=S) groups is 1. The third-order valence-corrected chi connectivity index (χ3v) is 3.09. The Morgan fingerprint density at radius 3 is 2.89 bits per heavy atom. The first-order valence-corrected chi connectivity index (χ1v) is 7.27. The largest absolute Gasteiger partial charge is 0.382 e. The second kappa shape index (κ2) is 9.12. The van der Waals surface area contributed by atoms with Crippen LogP contribution in [0.3, 0.4) is 0 Å². The van der Waals surface area contributed by atoms with Gasteiger partial charge in [0.25, 0.3) is 0 Å². The summed E-state index contributed by atoms with van der Waals surface area (Å²) in [6.07, 6.45) is 2.75. The zero-order valence-corrected chi connectivity index (χ0v) is 13.0. The van der Waals surface area contributed by atoms with E-state index in [9.17, 15) is 0 Å². The van der Waals surface area contributed by atoms with Gasteiger partial charge >= 0.3 is 0 Å². The molecule has 0 fully saturated rings. The van der Waals surface area contributed by atoms with E-state index in [1.807, 2.05) is 20.0 Å². The lowest BCUT2D eigenvalue weighted by Crippen LogP contribution is -2.35. The second-order valence-electron chi connectivity index (χ2n) is 3.94. The van der Waals surface area contributed by atoms with Crippen molar-refractivity contribution < 1.29 is 4.74 Å². The second-order valence-corrected chi connectivity index (χ2v) is 4.75. The van der Waals surface area contributed by atoms with Crippen LogP contribution in [0.5, 0.6) is 0 Å². The molecular weight excluding hydrogens is 284 g/mol. The summed E-state index contributed by atoms with van der Waals surface area (Å²) in [5, 5.41) is 11.8. The van der Waals surface area contributed by atoms with E-state index in [0.717, 1.165) is 38.4 Å². The number of hydrogen-bond acceptors (Lipinski definition) is 3. The Kier molecular flexibility index (Phi) is 7.78. The van der Waals surface area contributed by atoms with Crippen LogP contribution in [0.2, 0.25) is 5.02 Å². The fourth-order valence-corrected chi connectivity index (χ4v) is 1.86. The number of aromatic nitrogens is 2. The standard InChI is InChI=1S/C12H21ClN4OS/c1-3-17-9-10(13)11(16-17)8-15-12(19)14-6-5-7-18-4-2/h9H,3-8H2,1-2H3,(H2,14,15,19). The minimum absolute atomic E-state index is 0.531. The SMILES string of the molecule is CCOCCCNC(=S)NCc1nn(CC)cc1Cl. The summed E-state index contributed by atoms with van der Waals surface area (Å²) in [5.41, 5.74) is 0.807. The Bertz CT molecular complexity index is 397. The molecule has 0 bridgehead atoms. The zero-order chi connectivity index (χ0) is 14.1. The maximum Gasteiger partial charge on any atom is 0.166 e. The van der Waals surface area contributed by atoms with E-state index < -0.39 is 0 Å². The first-order chi connectivity index (χ1) is 9.17. The first kappa shape index (κ1) is 16.2. The van der Waals surface area contributed by atoms with E-state index in [4.69, 9.17) is 28.6 Å². The Hall–Kier alpha value is -0.850. The molecule has 19 heavy (non-hydrogen) atoms. The molecule has 0 saturated carbocycles. The number of halogens is 1. The fraction of sp³-hybridized carbons (Fsp3) is 0.667. The van der Waals surface area contributed by atoms with Gasteiger partial charge in [0.05, 0.1) is 11.6 Å². The van der Waals surface area contributed by atoms with E-state index in [2.05, 4.69) is 15.7 Å². The minimum atomic E-state index is 0.531. The van der Waals surface area contributed by atoms with Crippen LogP contribution in [0.4, 0.5) is 0 Å². The Morgan fingerprint density at radius 1 is 1.47 bits per heavy atom. The molecule has 2 N–H and O–H groups in total. The highest BCUT2D eigenvalue weighted by Gasteiger charge is 2.06. The highest BCUT2D eigenvalue weighted by molar-refractivity contribution is 7.80. The van der Waals surface area contributed by atoms with Crippen molar-refractivity contribution in [2.75, 3.05) is 19.8 Å². The molecule has 108 valence electrons. The third kappa shape index (κ3) is 6.22. The molecule has 0 amide bonds. The molecule has 0 aromatic carbocycles. The quantitative estimate of drug-likeness (QED) is 0.568. The maximum atomic E-state index is 6.07. The van der Waals surface area contributed by atoms with Crippen molar-refractivity contribution in [2.24, 2.45) is 0 Å². The van der Waals surface area contributed by atoms with Gasteiger partial charge in [0.1, 0.15) is 5.69 Å². The molecular formula is C12H21ClN4OS. The topological polar surface area (TPSA) is 51.1 Å². The molecule has 1 aromatic heterocycles. The van der Waals surface area contributed by atoms with Crippen LogP contribution in [-0.2, 0) is 17.8 Å². The molecule has 0 aliphatic rings. The number of aryl methyl sites for hydroxylation is 1. The highest BCUT2D eigenvalue weighted by atomic mass is 35.5. The van der Waals surface area contributed by atoms with Gasteiger partial charge in [-0.2, -0.15) is 5.10 Å². The van der Waals surface area contributed by atoms with Gasteiger partial charge in [0.2, 0.25) is 0 Å². The van der Waals surface area contributed by atoms with Crippen molar-refractivity contribution in [1.82, 2.24) is 20.4 Å². The lowest BCUT2D eigenvalue weighted by atomic mass is 10.4. The average Bonchev–Trinajstić information content (AvgIpc) is 2.77. The molecule has 0 aliphatic carbocycles. The van der Waals surface area contributed by atoms with Gasteiger partial charge in [0, 0.05) is 32.5 Å². The summed E-state index contributed by atoms with van der Waals surface area (Å²) in [4.78, 5) is 0. The van der Waals surface area contributed by atoms with Gasteiger partial charge in [0.15, 0.2) is 5.11 Å². The third-order valence-electron chi connectivity index (χ3n) is 2.48. The molecule has 0 radical (unpaired) electrons. The van der Waals surface area contributed by atoms with Crippen molar-refractivity contribution in [3.8, 4) is 0 Å². The molecule has 1 rings (SSSR count). The molecule has 1 heterocycles. The van der Waals surface area contributed by atoms with Crippen molar-refractivity contribution in [3.05, 3.63) is 16.9 Å². The molecule has 0 atom stereocenters. The number of nitrogens with zero attached hydrogens (tertiary/aromatic N) is 2. The van der Waals surface area contributed by atoms with Crippen molar-refractivity contribution in [2.45, 2.75) is 33.4 Å². The van der Waals surface area contributed by atoms with Crippen LogP contribution in [0.1, 0.15) is 26.0 Å². The summed E-state index contributed by atoms with van der Waals surface area (Å²) in [7, 11) is 0. The van der Waals surface area contributed by atoms with Gasteiger partial charge in [-0.25, -0.2) is 0 Å². The van der Waals surface area contributed by atoms with Gasteiger partial charge < -0.3 is 15.4 Å². The normalized spacial score (nSPS) is 10.5. The highest BCUT2D eigenvalue weighted by Crippen LogP contribution is 2.13. The number of nitrogens with one attached hydrogen (secondary N) is 2. The van der Waals surface area contributed by atoms with E-state index in [1.165, 1.54) is 0 Å². The van der Waals surface area contributed by atoms with E-state index in [-0.39, 0.29) is 0 Å². The Morgan fingerprint density at radius 2 is 2.26 bits per heavy atom. The van der Waals surface area contributed by atoms with Gasteiger partial charge in [-0.05, 0) is 32.5 Å². The van der Waals surface area contributed by atoms with Crippen LogP contribution < -0.4 is 10.6 Å². The van der Waals surface area contributed by atoms with Crippen molar-refractivity contribution in [3.63, 3.8) is 0 Å². The van der Waals surface area contributed by atoms with Gasteiger partial charge in [-0.15, -0.1) is 0 Å². The summed E-state index contributed by atoms with van der Waals surface area (Å²) >= 11 is 11.2. The number of rotatable bonds is 8. The van der Waals surface area contributed by atoms with E-state index in [0.29, 0.717) is 16.7 Å². The first-order valence-electron chi connectivity index (χ1n) is 6.48. The Balaban J connectivity index is 2.20. The van der Waals surface area contributed by atoms with E-state index in [1.54, 1.807) is 4.68 Å². The molecule has 0 saturated heterocycles. The predicted molar refractivity (Wildman–Crippen MR) is 81.5 cm³/mol. The van der Waals surface area contributed by atoms with Crippen molar-refractivity contribution in [1.29, 1.82) is 0 Å². The van der Waals surface area contributed by atoms with Gasteiger partial charge in [-0.1, -0.05) is 11.6 Å². The molecule has 0 spiro atoms. The monoisotopic (exact) mass is 304 g/mol.